The van der Waals surface area contributed by atoms with Crippen LogP contribution in [-0.2, 0) is 27.7 Å². The van der Waals surface area contributed by atoms with Crippen LogP contribution in [0.1, 0.15) is 61.8 Å². The molecular formula is C27H36N6O4S. The van der Waals surface area contributed by atoms with Crippen molar-refractivity contribution >= 4 is 39.2 Å². The highest BCUT2D eigenvalue weighted by Gasteiger charge is 2.34. The summed E-state index contributed by atoms with van der Waals surface area (Å²) in [6.07, 6.45) is 10.2. The average Bonchev–Trinajstić information content (AvgIpc) is 3.61. The maximum absolute atomic E-state index is 12.4. The Kier molecular flexibility index (Phi) is 7.49. The summed E-state index contributed by atoms with van der Waals surface area (Å²) in [5.41, 5.74) is 2.01. The lowest BCUT2D eigenvalue weighted by Gasteiger charge is -2.38. The van der Waals surface area contributed by atoms with Crippen molar-refractivity contribution in [3.05, 3.63) is 22.8 Å². The van der Waals surface area contributed by atoms with Gasteiger partial charge in [0.25, 0.3) is 0 Å². The summed E-state index contributed by atoms with van der Waals surface area (Å²) in [7, 11) is 1.88. The molecule has 38 heavy (non-hydrogen) atoms. The molecule has 0 unspecified atom stereocenters. The molecule has 4 heterocycles. The number of nitrogens with one attached hydrogen (secondary N) is 1. The van der Waals surface area contributed by atoms with Gasteiger partial charge in [-0.05, 0) is 56.9 Å². The zero-order valence-corrected chi connectivity index (χ0v) is 23.0. The zero-order valence-electron chi connectivity index (χ0n) is 22.1. The molecule has 0 spiro atoms. The van der Waals surface area contributed by atoms with E-state index in [1.54, 1.807) is 22.2 Å². The first-order chi connectivity index (χ1) is 18.6. The van der Waals surface area contributed by atoms with E-state index in [4.69, 9.17) is 24.2 Å². The van der Waals surface area contributed by atoms with Crippen LogP contribution >= 0.6 is 11.3 Å². The molecule has 10 nitrogen and oxygen atoms in total. The molecule has 0 bridgehead atoms. The summed E-state index contributed by atoms with van der Waals surface area (Å²) in [6, 6.07) is 0.603. The largest absolute Gasteiger partial charge is 0.474 e. The van der Waals surface area contributed by atoms with Crippen LogP contribution in [0.3, 0.4) is 0 Å². The first kappa shape index (κ1) is 25.5. The van der Waals surface area contributed by atoms with E-state index in [-0.39, 0.29) is 18.0 Å². The number of thiophene rings is 1. The summed E-state index contributed by atoms with van der Waals surface area (Å²) >= 11 is 1.69. The third-order valence-electron chi connectivity index (χ3n) is 7.92. The van der Waals surface area contributed by atoms with Crippen LogP contribution in [0.2, 0.25) is 0 Å². The third-order valence-corrected chi connectivity index (χ3v) is 9.08. The maximum atomic E-state index is 12.4. The second-order valence-corrected chi connectivity index (χ2v) is 11.5. The molecule has 0 aromatic carbocycles. The molecule has 6 rings (SSSR count). The summed E-state index contributed by atoms with van der Waals surface area (Å²) in [5, 5.41) is 8.52. The van der Waals surface area contributed by atoms with Crippen molar-refractivity contribution in [2.75, 3.05) is 38.2 Å². The van der Waals surface area contributed by atoms with Crippen LogP contribution < -0.4 is 10.1 Å². The van der Waals surface area contributed by atoms with Gasteiger partial charge in [-0.15, -0.1) is 11.3 Å². The fraction of sp³-hybridized carbons (Fsp3) is 0.630. The normalized spacial score (nSPS) is 23.9. The Labute approximate surface area is 226 Å². The molecule has 3 aliphatic rings. The number of rotatable bonds is 8. The first-order valence-corrected chi connectivity index (χ1v) is 14.6. The second-order valence-electron chi connectivity index (χ2n) is 10.4. The van der Waals surface area contributed by atoms with Crippen LogP contribution in [-0.4, -0.2) is 75.7 Å². The van der Waals surface area contributed by atoms with E-state index in [1.807, 2.05) is 20.2 Å². The van der Waals surface area contributed by atoms with Gasteiger partial charge in [0.05, 0.1) is 43.5 Å². The van der Waals surface area contributed by atoms with Crippen molar-refractivity contribution in [1.29, 1.82) is 0 Å². The Morgan fingerprint density at radius 2 is 2.00 bits per heavy atom. The minimum atomic E-state index is -0.149. The van der Waals surface area contributed by atoms with Crippen molar-refractivity contribution < 1.29 is 19.0 Å². The van der Waals surface area contributed by atoms with Crippen molar-refractivity contribution in [3.8, 4) is 5.88 Å². The van der Waals surface area contributed by atoms with Gasteiger partial charge < -0.3 is 19.5 Å². The number of anilines is 2. The van der Waals surface area contributed by atoms with Gasteiger partial charge in [0.15, 0.2) is 0 Å². The quantitative estimate of drug-likeness (QED) is 0.422. The van der Waals surface area contributed by atoms with E-state index in [0.29, 0.717) is 30.9 Å². The van der Waals surface area contributed by atoms with Crippen LogP contribution in [0.25, 0.3) is 10.2 Å². The fourth-order valence-corrected chi connectivity index (χ4v) is 7.38. The summed E-state index contributed by atoms with van der Waals surface area (Å²) in [5.74, 6) is 1.09. The van der Waals surface area contributed by atoms with Crippen molar-refractivity contribution in [2.45, 2.75) is 69.9 Å². The molecule has 2 fully saturated rings. The lowest BCUT2D eigenvalue weighted by Crippen LogP contribution is -2.46. The molecule has 0 radical (unpaired) electrons. The molecule has 1 atom stereocenters. The Hall–Kier alpha value is -2.76. The number of aryl methyl sites for hydroxylation is 2. The molecule has 204 valence electrons. The fourth-order valence-electron chi connectivity index (χ4n) is 6.11. The van der Waals surface area contributed by atoms with Gasteiger partial charge in [0.2, 0.25) is 11.8 Å². The number of nitrogens with zero attached hydrogens (tertiary/aromatic N) is 5. The maximum Gasteiger partial charge on any atom is 0.306 e. The van der Waals surface area contributed by atoms with Gasteiger partial charge in [-0.25, -0.2) is 4.98 Å². The molecule has 2 aliphatic carbocycles. The third kappa shape index (κ3) is 5.37. The first-order valence-electron chi connectivity index (χ1n) is 13.8. The lowest BCUT2D eigenvalue weighted by molar-refractivity contribution is -0.143. The van der Waals surface area contributed by atoms with Crippen molar-refractivity contribution in [1.82, 2.24) is 24.6 Å². The second kappa shape index (κ2) is 11.2. The highest BCUT2D eigenvalue weighted by molar-refractivity contribution is 7.19. The van der Waals surface area contributed by atoms with E-state index < -0.39 is 0 Å². The van der Waals surface area contributed by atoms with Crippen molar-refractivity contribution in [3.63, 3.8) is 0 Å². The molecular weight excluding hydrogens is 504 g/mol. The van der Waals surface area contributed by atoms with E-state index in [0.717, 1.165) is 80.7 Å². The van der Waals surface area contributed by atoms with Gasteiger partial charge in [0.1, 0.15) is 10.9 Å². The highest BCUT2D eigenvalue weighted by Crippen LogP contribution is 2.48. The lowest BCUT2D eigenvalue weighted by atomic mass is 9.91. The number of carbonyl (C=O) groups excluding carboxylic acids is 1. The van der Waals surface area contributed by atoms with Gasteiger partial charge in [-0.3, -0.25) is 14.4 Å². The van der Waals surface area contributed by atoms with Crippen LogP contribution in [0, 0.1) is 0 Å². The van der Waals surface area contributed by atoms with Crippen molar-refractivity contribution in [2.24, 2.45) is 7.05 Å². The minimum absolute atomic E-state index is 0.108. The molecule has 11 heteroatoms. The Bertz CT molecular complexity index is 1280. The van der Waals surface area contributed by atoms with E-state index >= 15 is 0 Å². The average molecular weight is 541 g/mol. The van der Waals surface area contributed by atoms with E-state index in [9.17, 15) is 4.79 Å². The molecule has 3 aromatic rings. The van der Waals surface area contributed by atoms with Crippen LogP contribution in [0.5, 0.6) is 5.88 Å². The molecule has 3 aromatic heterocycles. The molecule has 0 amide bonds. The highest BCUT2D eigenvalue weighted by atomic mass is 32.1. The summed E-state index contributed by atoms with van der Waals surface area (Å²) in [6.45, 7) is 5.96. The number of ether oxygens (including phenoxy) is 3. The van der Waals surface area contributed by atoms with Crippen LogP contribution in [0.15, 0.2) is 12.4 Å². The van der Waals surface area contributed by atoms with E-state index in [2.05, 4.69) is 15.3 Å². The Morgan fingerprint density at radius 1 is 1.18 bits per heavy atom. The SMILES string of the molecule is CCOC(=O)C[C@H]1CCc2sc3nc(Nc4cnn(C)c4)nc(O[C@H]4CC[C@H](N5CCOCC5)CC4)c3c21. The molecule has 1 saturated carbocycles. The summed E-state index contributed by atoms with van der Waals surface area (Å²) < 4.78 is 19.3. The Morgan fingerprint density at radius 3 is 2.74 bits per heavy atom. The monoisotopic (exact) mass is 540 g/mol. The predicted octanol–water partition coefficient (Wildman–Crippen LogP) is 4.17. The van der Waals surface area contributed by atoms with Gasteiger partial charge in [0, 0.05) is 37.3 Å². The van der Waals surface area contributed by atoms with Gasteiger partial charge in [-0.2, -0.15) is 10.1 Å². The van der Waals surface area contributed by atoms with Crippen LogP contribution in [0.4, 0.5) is 11.6 Å². The number of hydrogen-bond donors (Lipinski definition) is 1. The zero-order chi connectivity index (χ0) is 26.1. The number of esters is 1. The number of carbonyl (C=O) groups is 1. The standard InChI is InChI=1S/C27H36N6O4S/c1-3-36-22(34)14-17-4-9-21-23(17)24-25(30-27(31-26(24)38-21)29-18-15-28-32(2)16-18)37-20-7-5-19(6-8-20)33-10-12-35-13-11-33/h15-17,19-20H,3-14H2,1-2H3,(H,29,30,31)/t17-,19-,20-/m1/s1. The number of hydrogen-bond acceptors (Lipinski definition) is 10. The summed E-state index contributed by atoms with van der Waals surface area (Å²) in [4.78, 5) is 26.9. The minimum Gasteiger partial charge on any atom is -0.474 e. The topological polar surface area (TPSA) is 104 Å². The predicted molar refractivity (Wildman–Crippen MR) is 145 cm³/mol. The smallest absolute Gasteiger partial charge is 0.306 e. The number of aromatic nitrogens is 4. The molecule has 1 aliphatic heterocycles. The molecule has 1 N–H and O–H groups in total. The number of fused-ring (bicyclic) bond motifs is 3. The van der Waals surface area contributed by atoms with E-state index in [1.165, 1.54) is 10.4 Å². The Balaban J connectivity index is 1.27. The number of morpholine rings is 1. The van der Waals surface area contributed by atoms with Gasteiger partial charge >= 0.3 is 5.97 Å². The molecule has 1 saturated heterocycles. The van der Waals surface area contributed by atoms with Gasteiger partial charge in [-0.1, -0.05) is 0 Å².